The highest BCUT2D eigenvalue weighted by Crippen LogP contribution is 2.42. The quantitative estimate of drug-likeness (QED) is 0.445. The van der Waals surface area contributed by atoms with Crippen LogP contribution in [0.25, 0.3) is 0 Å². The number of aliphatic carboxylic acids is 1. The third-order valence-corrected chi connectivity index (χ3v) is 4.97. The van der Waals surface area contributed by atoms with E-state index in [1.54, 1.807) is 30.3 Å². The van der Waals surface area contributed by atoms with Crippen molar-refractivity contribution in [3.8, 4) is 0 Å². The SMILES string of the molecule is CCCCCCCC(=O)OCCN(C(=O)c1ccccc1)C1(C(=O)O)CC1. The molecule has 1 N–H and O–H groups in total. The number of esters is 1. The maximum atomic E-state index is 12.8. The molecule has 0 bridgehead atoms. The van der Waals surface area contributed by atoms with Crippen molar-refractivity contribution >= 4 is 17.8 Å². The summed E-state index contributed by atoms with van der Waals surface area (Å²) < 4.78 is 5.24. The van der Waals surface area contributed by atoms with Gasteiger partial charge in [0, 0.05) is 12.0 Å². The Hall–Kier alpha value is -2.37. The molecule has 0 atom stereocenters. The fraction of sp³-hybridized carbons (Fsp3) is 0.571. The summed E-state index contributed by atoms with van der Waals surface area (Å²) in [5.74, 6) is -1.64. The Morgan fingerprint density at radius 2 is 1.74 bits per heavy atom. The summed E-state index contributed by atoms with van der Waals surface area (Å²) >= 11 is 0. The molecule has 0 saturated heterocycles. The summed E-state index contributed by atoms with van der Waals surface area (Å²) in [6, 6.07) is 8.60. The lowest BCUT2D eigenvalue weighted by atomic mass is 10.1. The van der Waals surface area contributed by atoms with Crippen molar-refractivity contribution in [1.29, 1.82) is 0 Å². The molecule has 1 saturated carbocycles. The Bertz CT molecular complexity index is 639. The molecular formula is C21H29NO5. The van der Waals surface area contributed by atoms with Crippen LogP contribution in [0.4, 0.5) is 0 Å². The molecule has 0 heterocycles. The second kappa shape index (κ2) is 10.1. The van der Waals surface area contributed by atoms with E-state index in [0.717, 1.165) is 25.7 Å². The van der Waals surface area contributed by atoms with Gasteiger partial charge in [-0.3, -0.25) is 9.59 Å². The number of hydrogen-bond donors (Lipinski definition) is 1. The van der Waals surface area contributed by atoms with Crippen molar-refractivity contribution < 1.29 is 24.2 Å². The van der Waals surface area contributed by atoms with E-state index in [1.807, 2.05) is 0 Å². The topological polar surface area (TPSA) is 83.9 Å². The van der Waals surface area contributed by atoms with Gasteiger partial charge in [-0.15, -0.1) is 0 Å². The van der Waals surface area contributed by atoms with Gasteiger partial charge in [0.25, 0.3) is 5.91 Å². The number of carbonyl (C=O) groups is 3. The zero-order valence-electron chi connectivity index (χ0n) is 16.0. The maximum Gasteiger partial charge on any atom is 0.329 e. The lowest BCUT2D eigenvalue weighted by Crippen LogP contribution is -2.49. The van der Waals surface area contributed by atoms with Gasteiger partial charge in [0.15, 0.2) is 0 Å². The molecule has 0 aromatic heterocycles. The molecular weight excluding hydrogens is 346 g/mol. The lowest BCUT2D eigenvalue weighted by molar-refractivity contribution is -0.146. The van der Waals surface area contributed by atoms with E-state index in [2.05, 4.69) is 6.92 Å². The number of carboxylic acids is 1. The Balaban J connectivity index is 1.87. The standard InChI is InChI=1S/C21H29NO5/c1-2-3-4-5-9-12-18(23)27-16-15-22(21(13-14-21)20(25)26)19(24)17-10-7-6-8-11-17/h6-8,10-11H,2-5,9,12-16H2,1H3,(H,25,26). The number of benzene rings is 1. The van der Waals surface area contributed by atoms with Crippen molar-refractivity contribution in [3.05, 3.63) is 35.9 Å². The molecule has 2 rings (SSSR count). The van der Waals surface area contributed by atoms with E-state index < -0.39 is 11.5 Å². The summed E-state index contributed by atoms with van der Waals surface area (Å²) in [4.78, 5) is 37.7. The van der Waals surface area contributed by atoms with Crippen LogP contribution in [-0.4, -0.2) is 46.5 Å². The van der Waals surface area contributed by atoms with Gasteiger partial charge < -0.3 is 14.7 Å². The molecule has 6 nitrogen and oxygen atoms in total. The van der Waals surface area contributed by atoms with Crippen LogP contribution in [0.15, 0.2) is 30.3 Å². The Labute approximate surface area is 160 Å². The largest absolute Gasteiger partial charge is 0.479 e. The smallest absolute Gasteiger partial charge is 0.329 e. The van der Waals surface area contributed by atoms with Gasteiger partial charge in [-0.25, -0.2) is 4.79 Å². The van der Waals surface area contributed by atoms with Crippen LogP contribution in [0.2, 0.25) is 0 Å². The number of unbranched alkanes of at least 4 members (excludes halogenated alkanes) is 4. The first-order valence-electron chi connectivity index (χ1n) is 9.77. The van der Waals surface area contributed by atoms with E-state index in [9.17, 15) is 19.5 Å². The van der Waals surface area contributed by atoms with Crippen molar-refractivity contribution in [3.63, 3.8) is 0 Å². The van der Waals surface area contributed by atoms with Crippen molar-refractivity contribution in [2.75, 3.05) is 13.2 Å². The molecule has 148 valence electrons. The number of rotatable bonds is 12. The summed E-state index contributed by atoms with van der Waals surface area (Å²) in [5.41, 5.74) is -0.730. The second-order valence-electron chi connectivity index (χ2n) is 7.04. The first-order chi connectivity index (χ1) is 13.0. The molecule has 1 aliphatic carbocycles. The van der Waals surface area contributed by atoms with Gasteiger partial charge in [-0.05, 0) is 31.4 Å². The average molecular weight is 375 g/mol. The van der Waals surface area contributed by atoms with Gasteiger partial charge in [-0.2, -0.15) is 0 Å². The number of carbonyl (C=O) groups excluding carboxylic acids is 2. The predicted molar refractivity (Wildman–Crippen MR) is 101 cm³/mol. The zero-order chi connectivity index (χ0) is 19.7. The fourth-order valence-electron chi connectivity index (χ4n) is 3.16. The molecule has 1 aliphatic rings. The molecule has 1 aromatic rings. The number of hydrogen-bond acceptors (Lipinski definition) is 4. The highest BCUT2D eigenvalue weighted by molar-refractivity contribution is 5.99. The Morgan fingerprint density at radius 3 is 2.33 bits per heavy atom. The van der Waals surface area contributed by atoms with Gasteiger partial charge >= 0.3 is 11.9 Å². The minimum atomic E-state index is -1.17. The van der Waals surface area contributed by atoms with E-state index >= 15 is 0 Å². The van der Waals surface area contributed by atoms with Crippen molar-refractivity contribution in [2.24, 2.45) is 0 Å². The minimum Gasteiger partial charge on any atom is -0.479 e. The van der Waals surface area contributed by atoms with Crippen LogP contribution in [0, 0.1) is 0 Å². The molecule has 1 fully saturated rings. The van der Waals surface area contributed by atoms with Gasteiger partial charge in [-0.1, -0.05) is 50.8 Å². The van der Waals surface area contributed by atoms with Crippen LogP contribution in [0.3, 0.4) is 0 Å². The van der Waals surface area contributed by atoms with Crippen LogP contribution in [0.5, 0.6) is 0 Å². The molecule has 0 spiro atoms. The van der Waals surface area contributed by atoms with Crippen LogP contribution in [-0.2, 0) is 14.3 Å². The minimum absolute atomic E-state index is 0.0153. The summed E-state index contributed by atoms with van der Waals surface area (Å²) in [7, 11) is 0. The number of amides is 1. The van der Waals surface area contributed by atoms with E-state index in [0.29, 0.717) is 24.8 Å². The third-order valence-electron chi connectivity index (χ3n) is 4.97. The van der Waals surface area contributed by atoms with Crippen molar-refractivity contribution in [1.82, 2.24) is 4.90 Å². The fourth-order valence-corrected chi connectivity index (χ4v) is 3.16. The normalized spacial score (nSPS) is 14.4. The summed E-state index contributed by atoms with van der Waals surface area (Å²) in [6.07, 6.45) is 6.45. The molecule has 27 heavy (non-hydrogen) atoms. The number of ether oxygens (including phenoxy) is 1. The van der Waals surface area contributed by atoms with E-state index in [4.69, 9.17) is 4.74 Å². The summed E-state index contributed by atoms with van der Waals surface area (Å²) in [6.45, 7) is 2.24. The van der Waals surface area contributed by atoms with Gasteiger partial charge in [0.1, 0.15) is 12.1 Å². The second-order valence-corrected chi connectivity index (χ2v) is 7.04. The molecule has 0 unspecified atom stereocenters. The highest BCUT2D eigenvalue weighted by Gasteiger charge is 2.57. The number of nitrogens with zero attached hydrogens (tertiary/aromatic N) is 1. The molecule has 0 aliphatic heterocycles. The highest BCUT2D eigenvalue weighted by atomic mass is 16.5. The lowest BCUT2D eigenvalue weighted by Gasteiger charge is -2.29. The van der Waals surface area contributed by atoms with Gasteiger partial charge in [0.2, 0.25) is 0 Å². The Morgan fingerprint density at radius 1 is 1.07 bits per heavy atom. The number of carboxylic acid groups (broad SMARTS) is 1. The molecule has 0 radical (unpaired) electrons. The predicted octanol–water partition coefficient (Wildman–Crippen LogP) is 3.65. The van der Waals surface area contributed by atoms with Crippen molar-refractivity contribution in [2.45, 2.75) is 63.8 Å². The van der Waals surface area contributed by atoms with Gasteiger partial charge in [0.05, 0.1) is 6.54 Å². The van der Waals surface area contributed by atoms with E-state index in [1.165, 1.54) is 11.3 Å². The summed E-state index contributed by atoms with van der Waals surface area (Å²) in [5, 5.41) is 9.56. The van der Waals surface area contributed by atoms with Crippen LogP contribution in [0.1, 0.15) is 68.6 Å². The van der Waals surface area contributed by atoms with Crippen LogP contribution >= 0.6 is 0 Å². The molecule has 6 heteroatoms. The Kier molecular flexibility index (Phi) is 7.82. The average Bonchev–Trinajstić information content (AvgIpc) is 3.47. The first kappa shape index (κ1) is 20.9. The van der Waals surface area contributed by atoms with Crippen LogP contribution < -0.4 is 0 Å². The molecule has 1 amide bonds. The molecule has 1 aromatic carbocycles. The monoisotopic (exact) mass is 375 g/mol. The maximum absolute atomic E-state index is 12.8. The zero-order valence-corrected chi connectivity index (χ0v) is 16.0. The first-order valence-corrected chi connectivity index (χ1v) is 9.77. The third kappa shape index (κ3) is 5.81. The van der Waals surface area contributed by atoms with E-state index in [-0.39, 0.29) is 25.0 Å².